The van der Waals surface area contributed by atoms with Crippen molar-refractivity contribution in [3.05, 3.63) is 0 Å². The Labute approximate surface area is 79.3 Å². The Morgan fingerprint density at radius 3 is 2.69 bits per heavy atom. The van der Waals surface area contributed by atoms with E-state index in [1.165, 1.54) is 25.7 Å². The summed E-state index contributed by atoms with van der Waals surface area (Å²) in [7, 11) is 0. The van der Waals surface area contributed by atoms with Gasteiger partial charge < -0.3 is 10.6 Å². The zero-order valence-electron chi connectivity index (χ0n) is 8.01. The van der Waals surface area contributed by atoms with Gasteiger partial charge in [0.2, 0.25) is 5.91 Å². The van der Waals surface area contributed by atoms with Crippen molar-refractivity contribution in [2.45, 2.75) is 50.6 Å². The quantitative estimate of drug-likeness (QED) is 0.677. The van der Waals surface area contributed by atoms with Gasteiger partial charge in [0.1, 0.15) is 0 Å². The van der Waals surface area contributed by atoms with Crippen molar-refractivity contribution >= 4 is 5.91 Å². The molecule has 3 heteroatoms. The van der Waals surface area contributed by atoms with Gasteiger partial charge in [-0.3, -0.25) is 4.79 Å². The maximum atomic E-state index is 10.9. The first-order valence-corrected chi connectivity index (χ1v) is 5.37. The fourth-order valence-electron chi connectivity index (χ4n) is 2.27. The molecule has 1 heterocycles. The monoisotopic (exact) mass is 182 g/mol. The second-order valence-corrected chi connectivity index (χ2v) is 4.19. The second-order valence-electron chi connectivity index (χ2n) is 4.19. The molecule has 2 aliphatic rings. The minimum absolute atomic E-state index is 0.221. The van der Waals surface area contributed by atoms with Gasteiger partial charge in [-0.15, -0.1) is 0 Å². The summed E-state index contributed by atoms with van der Waals surface area (Å²) in [5, 5.41) is 6.51. The highest BCUT2D eigenvalue weighted by atomic mass is 16.1. The zero-order chi connectivity index (χ0) is 9.10. The fraction of sp³-hybridized carbons (Fsp3) is 0.900. The first-order chi connectivity index (χ1) is 6.34. The number of carbonyl (C=O) groups excluding carboxylic acids is 1. The summed E-state index contributed by atoms with van der Waals surface area (Å²) in [6.45, 7) is 0.969. The van der Waals surface area contributed by atoms with Gasteiger partial charge in [-0.25, -0.2) is 0 Å². The van der Waals surface area contributed by atoms with E-state index in [1.54, 1.807) is 0 Å². The SMILES string of the molecule is O=C1CC[C@@H](CNC2CCCC2)N1. The largest absolute Gasteiger partial charge is 0.352 e. The Balaban J connectivity index is 1.64. The molecule has 74 valence electrons. The molecular weight excluding hydrogens is 164 g/mol. The molecule has 2 rings (SSSR count). The van der Waals surface area contributed by atoms with Crippen molar-refractivity contribution in [3.63, 3.8) is 0 Å². The average molecular weight is 182 g/mol. The van der Waals surface area contributed by atoms with Crippen LogP contribution in [0.15, 0.2) is 0 Å². The summed E-state index contributed by atoms with van der Waals surface area (Å²) in [6, 6.07) is 1.12. The molecule has 1 amide bonds. The molecular formula is C10H18N2O. The lowest BCUT2D eigenvalue weighted by atomic mass is 10.2. The Bertz CT molecular complexity index is 187. The zero-order valence-corrected chi connectivity index (χ0v) is 8.01. The molecule has 0 bridgehead atoms. The predicted octanol–water partition coefficient (Wildman–Crippen LogP) is 0.797. The Kier molecular flexibility index (Phi) is 2.83. The summed E-state index contributed by atoms with van der Waals surface area (Å²) in [6.07, 6.45) is 7.11. The molecule has 0 radical (unpaired) electrons. The molecule has 2 fully saturated rings. The number of rotatable bonds is 3. The minimum Gasteiger partial charge on any atom is -0.352 e. The van der Waals surface area contributed by atoms with Crippen LogP contribution in [0.2, 0.25) is 0 Å². The van der Waals surface area contributed by atoms with E-state index in [9.17, 15) is 4.79 Å². The number of amides is 1. The van der Waals surface area contributed by atoms with Crippen LogP contribution in [0.3, 0.4) is 0 Å². The Hall–Kier alpha value is -0.570. The lowest BCUT2D eigenvalue weighted by Crippen LogP contribution is -2.39. The molecule has 1 saturated heterocycles. The van der Waals surface area contributed by atoms with E-state index in [0.717, 1.165) is 25.4 Å². The molecule has 1 atom stereocenters. The summed E-state index contributed by atoms with van der Waals surface area (Å²) >= 11 is 0. The summed E-state index contributed by atoms with van der Waals surface area (Å²) in [4.78, 5) is 10.9. The van der Waals surface area contributed by atoms with Crippen LogP contribution in [0.5, 0.6) is 0 Å². The van der Waals surface area contributed by atoms with Crippen LogP contribution in [0, 0.1) is 0 Å². The summed E-state index contributed by atoms with van der Waals surface area (Å²) in [5.41, 5.74) is 0. The Morgan fingerprint density at radius 1 is 1.31 bits per heavy atom. The molecule has 0 aromatic rings. The maximum Gasteiger partial charge on any atom is 0.220 e. The van der Waals surface area contributed by atoms with E-state index in [1.807, 2.05) is 0 Å². The third kappa shape index (κ3) is 2.44. The molecule has 1 aliphatic heterocycles. The van der Waals surface area contributed by atoms with Gasteiger partial charge >= 0.3 is 0 Å². The Morgan fingerprint density at radius 2 is 2.08 bits per heavy atom. The van der Waals surface area contributed by atoms with Gasteiger partial charge in [0, 0.05) is 25.0 Å². The van der Waals surface area contributed by atoms with Gasteiger partial charge in [-0.2, -0.15) is 0 Å². The van der Waals surface area contributed by atoms with Gasteiger partial charge in [0.25, 0.3) is 0 Å². The van der Waals surface area contributed by atoms with E-state index in [4.69, 9.17) is 0 Å². The third-order valence-electron chi connectivity index (χ3n) is 3.09. The van der Waals surface area contributed by atoms with Crippen LogP contribution < -0.4 is 10.6 Å². The van der Waals surface area contributed by atoms with Gasteiger partial charge in [0.15, 0.2) is 0 Å². The minimum atomic E-state index is 0.221. The normalized spacial score (nSPS) is 29.5. The van der Waals surface area contributed by atoms with Crippen molar-refractivity contribution in [3.8, 4) is 0 Å². The fourth-order valence-corrected chi connectivity index (χ4v) is 2.27. The molecule has 1 saturated carbocycles. The van der Waals surface area contributed by atoms with Crippen molar-refractivity contribution in [1.82, 2.24) is 10.6 Å². The van der Waals surface area contributed by atoms with Crippen LogP contribution >= 0.6 is 0 Å². The molecule has 0 aromatic carbocycles. The van der Waals surface area contributed by atoms with Crippen molar-refractivity contribution < 1.29 is 4.79 Å². The molecule has 0 spiro atoms. The predicted molar refractivity (Wildman–Crippen MR) is 51.4 cm³/mol. The standard InChI is InChI=1S/C10H18N2O/c13-10-6-5-9(12-10)7-11-8-3-1-2-4-8/h8-9,11H,1-7H2,(H,12,13)/t9-/m0/s1. The maximum absolute atomic E-state index is 10.9. The molecule has 0 aromatic heterocycles. The van der Waals surface area contributed by atoms with E-state index in [2.05, 4.69) is 10.6 Å². The first kappa shape index (κ1) is 9.00. The number of hydrogen-bond donors (Lipinski definition) is 2. The summed E-state index contributed by atoms with van der Waals surface area (Å²) in [5.74, 6) is 0.221. The molecule has 2 N–H and O–H groups in total. The molecule has 1 aliphatic carbocycles. The molecule has 13 heavy (non-hydrogen) atoms. The van der Waals surface area contributed by atoms with Crippen LogP contribution in [0.4, 0.5) is 0 Å². The van der Waals surface area contributed by atoms with Crippen LogP contribution in [-0.2, 0) is 4.79 Å². The topological polar surface area (TPSA) is 41.1 Å². The third-order valence-corrected chi connectivity index (χ3v) is 3.09. The lowest BCUT2D eigenvalue weighted by Gasteiger charge is -2.15. The van der Waals surface area contributed by atoms with Crippen LogP contribution in [0.25, 0.3) is 0 Å². The van der Waals surface area contributed by atoms with Crippen LogP contribution in [-0.4, -0.2) is 24.5 Å². The van der Waals surface area contributed by atoms with E-state index < -0.39 is 0 Å². The van der Waals surface area contributed by atoms with Crippen molar-refractivity contribution in [1.29, 1.82) is 0 Å². The highest BCUT2D eigenvalue weighted by molar-refractivity contribution is 5.78. The van der Waals surface area contributed by atoms with Gasteiger partial charge in [0.05, 0.1) is 0 Å². The number of carbonyl (C=O) groups is 1. The smallest absolute Gasteiger partial charge is 0.220 e. The van der Waals surface area contributed by atoms with E-state index in [0.29, 0.717) is 6.04 Å². The van der Waals surface area contributed by atoms with Crippen LogP contribution in [0.1, 0.15) is 38.5 Å². The molecule has 3 nitrogen and oxygen atoms in total. The number of nitrogens with one attached hydrogen (secondary N) is 2. The highest BCUT2D eigenvalue weighted by Crippen LogP contribution is 2.17. The van der Waals surface area contributed by atoms with E-state index in [-0.39, 0.29) is 5.91 Å². The van der Waals surface area contributed by atoms with E-state index >= 15 is 0 Å². The molecule has 0 unspecified atom stereocenters. The second kappa shape index (κ2) is 4.09. The van der Waals surface area contributed by atoms with Gasteiger partial charge in [-0.1, -0.05) is 12.8 Å². The van der Waals surface area contributed by atoms with Gasteiger partial charge in [-0.05, 0) is 19.3 Å². The van der Waals surface area contributed by atoms with Crippen molar-refractivity contribution in [2.24, 2.45) is 0 Å². The summed E-state index contributed by atoms with van der Waals surface area (Å²) < 4.78 is 0. The lowest BCUT2D eigenvalue weighted by molar-refractivity contribution is -0.119. The highest BCUT2D eigenvalue weighted by Gasteiger charge is 2.22. The van der Waals surface area contributed by atoms with Crippen molar-refractivity contribution in [2.75, 3.05) is 6.54 Å². The first-order valence-electron chi connectivity index (χ1n) is 5.37. The average Bonchev–Trinajstić information content (AvgIpc) is 2.71. The number of hydrogen-bond acceptors (Lipinski definition) is 2.